The maximum Gasteiger partial charge on any atom is 0.326 e. The molecule has 1 aliphatic heterocycles. The highest BCUT2D eigenvalue weighted by atomic mass is 19.1. The third-order valence-corrected chi connectivity index (χ3v) is 3.71. The zero-order valence-electron chi connectivity index (χ0n) is 12.0. The molecule has 1 aliphatic rings. The fraction of sp³-hybridized carbons (Fsp3) is 0.467. The number of halogens is 1. The lowest BCUT2D eigenvalue weighted by atomic mass is 10.0. The summed E-state index contributed by atoms with van der Waals surface area (Å²) in [5, 5.41) is 9.23. The quantitative estimate of drug-likeness (QED) is 0.921. The average molecular weight is 295 g/mol. The lowest BCUT2D eigenvalue weighted by Crippen LogP contribution is -2.47. The van der Waals surface area contributed by atoms with Crippen LogP contribution in [-0.4, -0.2) is 40.6 Å². The van der Waals surface area contributed by atoms with Crippen LogP contribution in [0.25, 0.3) is 0 Å². The third-order valence-electron chi connectivity index (χ3n) is 3.71. The first kappa shape index (κ1) is 15.3. The molecule has 1 heterocycles. The Hall–Kier alpha value is -2.11. The number of carbonyl (C=O) groups is 2. The second-order valence-electron chi connectivity index (χ2n) is 5.29. The van der Waals surface area contributed by atoms with E-state index < -0.39 is 18.1 Å². The first-order valence-corrected chi connectivity index (χ1v) is 6.85. The molecule has 0 spiro atoms. The molecule has 1 aromatic rings. The molecule has 1 saturated heterocycles. The summed E-state index contributed by atoms with van der Waals surface area (Å²) in [6.07, 6.45) is -0.158. The molecule has 114 valence electrons. The zero-order chi connectivity index (χ0) is 15.6. The highest BCUT2D eigenvalue weighted by Gasteiger charge is 2.41. The molecular weight excluding hydrogens is 277 g/mol. The molecule has 0 radical (unpaired) electrons. The number of benzene rings is 1. The van der Waals surface area contributed by atoms with Gasteiger partial charge in [0.1, 0.15) is 17.6 Å². The topological polar surface area (TPSA) is 66.8 Å². The average Bonchev–Trinajstić information content (AvgIpc) is 2.82. The smallest absolute Gasteiger partial charge is 0.326 e. The van der Waals surface area contributed by atoms with Gasteiger partial charge < -0.3 is 14.7 Å². The SMILES string of the molecule is CC(Oc1ccc(F)cc1)C(=O)N1CCC(C)C1C(=O)O. The molecule has 21 heavy (non-hydrogen) atoms. The van der Waals surface area contributed by atoms with E-state index in [4.69, 9.17) is 4.74 Å². The summed E-state index contributed by atoms with van der Waals surface area (Å²) < 4.78 is 18.3. The van der Waals surface area contributed by atoms with Crippen molar-refractivity contribution in [2.45, 2.75) is 32.4 Å². The number of ether oxygens (including phenoxy) is 1. The Balaban J connectivity index is 2.05. The van der Waals surface area contributed by atoms with Crippen LogP contribution >= 0.6 is 0 Å². The number of carbonyl (C=O) groups excluding carboxylic acids is 1. The van der Waals surface area contributed by atoms with E-state index in [-0.39, 0.29) is 17.6 Å². The number of amides is 1. The van der Waals surface area contributed by atoms with Crippen molar-refractivity contribution in [2.75, 3.05) is 6.54 Å². The highest BCUT2D eigenvalue weighted by molar-refractivity contribution is 5.87. The Morgan fingerprint density at radius 1 is 1.38 bits per heavy atom. The van der Waals surface area contributed by atoms with Crippen LogP contribution in [0.3, 0.4) is 0 Å². The van der Waals surface area contributed by atoms with Crippen molar-refractivity contribution in [1.82, 2.24) is 4.90 Å². The van der Waals surface area contributed by atoms with E-state index in [1.165, 1.54) is 29.2 Å². The number of hydrogen-bond donors (Lipinski definition) is 1. The maximum atomic E-state index is 12.8. The van der Waals surface area contributed by atoms with Gasteiger partial charge in [-0.1, -0.05) is 6.92 Å². The second-order valence-corrected chi connectivity index (χ2v) is 5.29. The summed E-state index contributed by atoms with van der Waals surface area (Å²) in [4.78, 5) is 25.0. The van der Waals surface area contributed by atoms with Crippen LogP contribution in [0, 0.1) is 11.7 Å². The van der Waals surface area contributed by atoms with E-state index in [1.54, 1.807) is 6.92 Å². The molecular formula is C15H18FNO4. The van der Waals surface area contributed by atoms with Crippen LogP contribution in [0.1, 0.15) is 20.3 Å². The molecule has 0 bridgehead atoms. The zero-order valence-corrected chi connectivity index (χ0v) is 12.0. The maximum absolute atomic E-state index is 12.8. The van der Waals surface area contributed by atoms with E-state index in [9.17, 15) is 19.1 Å². The molecule has 1 N–H and O–H groups in total. The van der Waals surface area contributed by atoms with Gasteiger partial charge in [-0.2, -0.15) is 0 Å². The van der Waals surface area contributed by atoms with Gasteiger partial charge >= 0.3 is 5.97 Å². The van der Waals surface area contributed by atoms with Crippen molar-refractivity contribution in [3.05, 3.63) is 30.1 Å². The standard InChI is InChI=1S/C15H18FNO4/c1-9-7-8-17(13(9)15(19)20)14(18)10(2)21-12-5-3-11(16)4-6-12/h3-6,9-10,13H,7-8H2,1-2H3,(H,19,20). The van der Waals surface area contributed by atoms with Gasteiger partial charge in [-0.25, -0.2) is 9.18 Å². The van der Waals surface area contributed by atoms with E-state index in [1.807, 2.05) is 6.92 Å². The van der Waals surface area contributed by atoms with Gasteiger partial charge in [0, 0.05) is 6.54 Å². The molecule has 6 heteroatoms. The van der Waals surface area contributed by atoms with Crippen LogP contribution in [0.2, 0.25) is 0 Å². The number of carboxylic acid groups (broad SMARTS) is 1. The lowest BCUT2D eigenvalue weighted by molar-refractivity contribution is -0.152. The molecule has 2 rings (SSSR count). The van der Waals surface area contributed by atoms with Crippen LogP contribution < -0.4 is 4.74 Å². The van der Waals surface area contributed by atoms with Gasteiger partial charge in [-0.3, -0.25) is 4.79 Å². The van der Waals surface area contributed by atoms with E-state index in [0.717, 1.165) is 0 Å². The fourth-order valence-electron chi connectivity index (χ4n) is 2.57. The van der Waals surface area contributed by atoms with Crippen LogP contribution in [0.4, 0.5) is 4.39 Å². The normalized spacial score (nSPS) is 22.9. The Morgan fingerprint density at radius 2 is 2.00 bits per heavy atom. The van der Waals surface area contributed by atoms with Crippen LogP contribution in [0.5, 0.6) is 5.75 Å². The predicted octanol–water partition coefficient (Wildman–Crippen LogP) is 1.91. The summed E-state index contributed by atoms with van der Waals surface area (Å²) >= 11 is 0. The monoisotopic (exact) mass is 295 g/mol. The molecule has 1 amide bonds. The fourth-order valence-corrected chi connectivity index (χ4v) is 2.57. The molecule has 1 aromatic carbocycles. The molecule has 1 fully saturated rings. The number of aliphatic carboxylic acids is 1. The second kappa shape index (κ2) is 6.11. The first-order chi connectivity index (χ1) is 9.90. The number of hydrogen-bond acceptors (Lipinski definition) is 3. The molecule has 3 atom stereocenters. The lowest BCUT2D eigenvalue weighted by Gasteiger charge is -2.26. The minimum Gasteiger partial charge on any atom is -0.481 e. The van der Waals surface area contributed by atoms with Crippen molar-refractivity contribution in [3.63, 3.8) is 0 Å². The van der Waals surface area contributed by atoms with Crippen molar-refractivity contribution in [1.29, 1.82) is 0 Å². The minimum absolute atomic E-state index is 0.0792. The number of rotatable bonds is 4. The van der Waals surface area contributed by atoms with Gasteiger partial charge in [0.15, 0.2) is 6.10 Å². The Bertz CT molecular complexity index is 531. The molecule has 0 saturated carbocycles. The summed E-state index contributed by atoms with van der Waals surface area (Å²) in [5.74, 6) is -1.46. The molecule has 3 unspecified atom stereocenters. The van der Waals surface area contributed by atoms with Crippen LogP contribution in [-0.2, 0) is 9.59 Å². The van der Waals surface area contributed by atoms with E-state index in [0.29, 0.717) is 18.7 Å². The van der Waals surface area contributed by atoms with Crippen molar-refractivity contribution in [2.24, 2.45) is 5.92 Å². The number of likely N-dealkylation sites (tertiary alicyclic amines) is 1. The van der Waals surface area contributed by atoms with E-state index in [2.05, 4.69) is 0 Å². The molecule has 0 aliphatic carbocycles. The Labute approximate surface area is 122 Å². The summed E-state index contributed by atoms with van der Waals surface area (Å²) in [5.41, 5.74) is 0. The van der Waals surface area contributed by atoms with Gasteiger partial charge in [-0.15, -0.1) is 0 Å². The first-order valence-electron chi connectivity index (χ1n) is 6.85. The van der Waals surface area contributed by atoms with Gasteiger partial charge in [-0.05, 0) is 43.5 Å². The summed E-state index contributed by atoms with van der Waals surface area (Å²) in [6.45, 7) is 3.79. The summed E-state index contributed by atoms with van der Waals surface area (Å²) in [7, 11) is 0. The van der Waals surface area contributed by atoms with Gasteiger partial charge in [0.25, 0.3) is 5.91 Å². The van der Waals surface area contributed by atoms with Gasteiger partial charge in [0.2, 0.25) is 0 Å². The molecule has 0 aromatic heterocycles. The third kappa shape index (κ3) is 3.32. The van der Waals surface area contributed by atoms with Crippen molar-refractivity contribution < 1.29 is 23.8 Å². The number of nitrogens with zero attached hydrogens (tertiary/aromatic N) is 1. The minimum atomic E-state index is -0.998. The highest BCUT2D eigenvalue weighted by Crippen LogP contribution is 2.25. The Kier molecular flexibility index (Phi) is 4.45. The van der Waals surface area contributed by atoms with Gasteiger partial charge in [0.05, 0.1) is 0 Å². The Morgan fingerprint density at radius 3 is 2.57 bits per heavy atom. The molecule has 5 nitrogen and oxygen atoms in total. The predicted molar refractivity (Wildman–Crippen MR) is 73.4 cm³/mol. The van der Waals surface area contributed by atoms with Crippen molar-refractivity contribution >= 4 is 11.9 Å². The van der Waals surface area contributed by atoms with E-state index >= 15 is 0 Å². The number of carboxylic acids is 1. The summed E-state index contributed by atoms with van der Waals surface area (Å²) in [6, 6.07) is 4.53. The van der Waals surface area contributed by atoms with Crippen molar-refractivity contribution in [3.8, 4) is 5.75 Å². The van der Waals surface area contributed by atoms with Crippen LogP contribution in [0.15, 0.2) is 24.3 Å². The largest absolute Gasteiger partial charge is 0.481 e.